The first-order valence-corrected chi connectivity index (χ1v) is 12.0. The number of nitrogens with one attached hydrogen (secondary N) is 4. The van der Waals surface area contributed by atoms with E-state index in [1.54, 1.807) is 55.6 Å². The molecule has 0 spiro atoms. The molecule has 0 aliphatic carbocycles. The predicted octanol–water partition coefficient (Wildman–Crippen LogP) is 0.695. The highest BCUT2D eigenvalue weighted by molar-refractivity contribution is 5.95. The summed E-state index contributed by atoms with van der Waals surface area (Å²) in [5.74, 6) is -2.00. The number of carbonyl (C=O) groups excluding carboxylic acids is 3. The van der Waals surface area contributed by atoms with Crippen molar-refractivity contribution in [3.05, 3.63) is 77.9 Å². The van der Waals surface area contributed by atoms with Crippen molar-refractivity contribution in [2.75, 3.05) is 19.4 Å². The average molecular weight is 541 g/mol. The summed E-state index contributed by atoms with van der Waals surface area (Å²) in [6, 6.07) is 12.3. The second-order valence-corrected chi connectivity index (χ2v) is 8.33. The number of amides is 2. The van der Waals surface area contributed by atoms with Crippen LogP contribution in [0.1, 0.15) is 29.5 Å². The predicted molar refractivity (Wildman–Crippen MR) is 148 cm³/mol. The summed E-state index contributed by atoms with van der Waals surface area (Å²) in [6.45, 7) is 4.23. The Morgan fingerprint density at radius 3 is 2.15 bits per heavy atom. The number of nitrogen functional groups attached to an aromatic ring is 2. The maximum atomic E-state index is 12.9. The molecule has 2 aromatic carbocycles. The molecule has 12 heteroatoms. The van der Waals surface area contributed by atoms with Gasteiger partial charge in [-0.2, -0.15) is 0 Å². The van der Waals surface area contributed by atoms with Crippen LogP contribution >= 0.6 is 0 Å². The molecule has 0 saturated heterocycles. The van der Waals surface area contributed by atoms with Gasteiger partial charge in [0.25, 0.3) is 6.47 Å². The number of ether oxygens (including phenoxy) is 1. The second kappa shape index (κ2) is 17.7. The van der Waals surface area contributed by atoms with Crippen molar-refractivity contribution >= 4 is 35.8 Å². The molecule has 2 aromatic rings. The number of carboxylic acid groups (broad SMARTS) is 1. The summed E-state index contributed by atoms with van der Waals surface area (Å²) >= 11 is 0. The molecule has 0 radical (unpaired) electrons. The number of likely N-dealkylation sites (N-methyl/N-ethyl adjacent to an activating group) is 1. The topological polar surface area (TPSA) is 210 Å². The smallest absolute Gasteiger partial charge is 0.303 e. The summed E-state index contributed by atoms with van der Waals surface area (Å²) in [5.41, 5.74) is 14.0. The zero-order chi connectivity index (χ0) is 29.2. The first-order valence-electron chi connectivity index (χ1n) is 12.0. The van der Waals surface area contributed by atoms with E-state index in [0.29, 0.717) is 30.8 Å². The van der Waals surface area contributed by atoms with Crippen molar-refractivity contribution in [2.45, 2.75) is 37.9 Å². The molecule has 0 heterocycles. The van der Waals surface area contributed by atoms with E-state index in [4.69, 9.17) is 22.0 Å². The minimum absolute atomic E-state index is 0.0433. The number of carbonyl (C=O) groups is 4. The maximum absolute atomic E-state index is 12.9. The van der Waals surface area contributed by atoms with Crippen molar-refractivity contribution in [3.63, 3.8) is 0 Å². The largest absolute Gasteiger partial charge is 0.481 e. The number of anilines is 1. The SMILES string of the molecule is C=CCOC=O.CNC(Cc1ccc(C(=N)N)cc1)C(=O)N[C@@H](CCC(=O)O)C(=O)NCc1ccc(N)cc1. The summed E-state index contributed by atoms with van der Waals surface area (Å²) in [6.07, 6.45) is 1.53. The van der Waals surface area contributed by atoms with Crippen molar-refractivity contribution in [3.8, 4) is 0 Å². The Hall–Kier alpha value is -4.71. The molecule has 1 unspecified atom stereocenters. The molecule has 12 nitrogen and oxygen atoms in total. The lowest BCUT2D eigenvalue weighted by molar-refractivity contribution is -0.138. The minimum Gasteiger partial charge on any atom is -0.481 e. The van der Waals surface area contributed by atoms with Crippen LogP contribution in [0.5, 0.6) is 0 Å². The van der Waals surface area contributed by atoms with Crippen LogP contribution in [0, 0.1) is 5.41 Å². The van der Waals surface area contributed by atoms with Crippen LogP contribution in [0.25, 0.3) is 0 Å². The van der Waals surface area contributed by atoms with Crippen molar-refractivity contribution in [2.24, 2.45) is 5.73 Å². The third-order valence-corrected chi connectivity index (χ3v) is 5.38. The first-order chi connectivity index (χ1) is 18.6. The van der Waals surface area contributed by atoms with Crippen LogP contribution in [-0.2, 0) is 36.9 Å². The van der Waals surface area contributed by atoms with Gasteiger partial charge in [-0.3, -0.25) is 24.6 Å². The zero-order valence-electron chi connectivity index (χ0n) is 21.8. The normalized spacial score (nSPS) is 11.5. The molecular weight excluding hydrogens is 504 g/mol. The number of aliphatic carboxylic acids is 1. The number of carboxylic acids is 1. The number of benzene rings is 2. The number of hydrogen-bond donors (Lipinski definition) is 7. The van der Waals surface area contributed by atoms with Crippen LogP contribution in [-0.4, -0.2) is 60.9 Å². The van der Waals surface area contributed by atoms with E-state index in [9.17, 15) is 19.2 Å². The summed E-state index contributed by atoms with van der Waals surface area (Å²) in [7, 11) is 1.63. The van der Waals surface area contributed by atoms with Crippen LogP contribution in [0.2, 0.25) is 0 Å². The molecule has 0 aliphatic rings. The van der Waals surface area contributed by atoms with Gasteiger partial charge in [0.1, 0.15) is 18.5 Å². The maximum Gasteiger partial charge on any atom is 0.303 e. The number of amidine groups is 1. The summed E-state index contributed by atoms with van der Waals surface area (Å²) in [4.78, 5) is 45.9. The van der Waals surface area contributed by atoms with E-state index >= 15 is 0 Å². The number of rotatable bonds is 15. The highest BCUT2D eigenvalue weighted by Gasteiger charge is 2.25. The Bertz CT molecular complexity index is 1100. The van der Waals surface area contributed by atoms with Gasteiger partial charge in [-0.05, 0) is 43.1 Å². The molecule has 2 atom stereocenters. The molecule has 0 aromatic heterocycles. The third-order valence-electron chi connectivity index (χ3n) is 5.38. The molecule has 210 valence electrons. The highest BCUT2D eigenvalue weighted by atomic mass is 16.5. The zero-order valence-corrected chi connectivity index (χ0v) is 21.8. The lowest BCUT2D eigenvalue weighted by Gasteiger charge is -2.22. The van der Waals surface area contributed by atoms with E-state index in [0.717, 1.165) is 11.1 Å². The fourth-order valence-corrected chi connectivity index (χ4v) is 3.25. The molecule has 0 saturated carbocycles. The number of nitrogens with two attached hydrogens (primary N) is 2. The van der Waals surface area contributed by atoms with Crippen molar-refractivity contribution in [1.29, 1.82) is 5.41 Å². The van der Waals surface area contributed by atoms with Gasteiger partial charge in [0.05, 0.1) is 6.04 Å². The Balaban J connectivity index is 0.00000113. The lowest BCUT2D eigenvalue weighted by atomic mass is 10.0. The highest BCUT2D eigenvalue weighted by Crippen LogP contribution is 2.09. The minimum atomic E-state index is -1.06. The molecule has 2 rings (SSSR count). The van der Waals surface area contributed by atoms with Crippen LogP contribution < -0.4 is 27.4 Å². The Labute approximate surface area is 227 Å². The third kappa shape index (κ3) is 12.9. The molecule has 2 amide bonds. The first kappa shape index (κ1) is 32.3. The summed E-state index contributed by atoms with van der Waals surface area (Å²) < 4.78 is 4.18. The Morgan fingerprint density at radius 1 is 1.05 bits per heavy atom. The van der Waals surface area contributed by atoms with Crippen LogP contribution in [0.15, 0.2) is 61.2 Å². The molecule has 9 N–H and O–H groups in total. The Kier molecular flexibility index (Phi) is 14.7. The molecule has 0 bridgehead atoms. The molecule has 0 aliphatic heterocycles. The quantitative estimate of drug-likeness (QED) is 0.0422. The fourth-order valence-electron chi connectivity index (χ4n) is 3.25. The van der Waals surface area contributed by atoms with Gasteiger partial charge in [-0.25, -0.2) is 0 Å². The second-order valence-electron chi connectivity index (χ2n) is 8.33. The lowest BCUT2D eigenvalue weighted by Crippen LogP contribution is -2.52. The van der Waals surface area contributed by atoms with Gasteiger partial charge in [0.2, 0.25) is 11.8 Å². The number of hydrogen-bond acceptors (Lipinski definition) is 8. The van der Waals surface area contributed by atoms with Crippen molar-refractivity contribution in [1.82, 2.24) is 16.0 Å². The van der Waals surface area contributed by atoms with Gasteiger partial charge in [0, 0.05) is 24.2 Å². The molecule has 0 fully saturated rings. The van der Waals surface area contributed by atoms with E-state index in [2.05, 4.69) is 27.3 Å². The fraction of sp³-hybridized carbons (Fsp3) is 0.296. The Morgan fingerprint density at radius 2 is 1.67 bits per heavy atom. The van der Waals surface area contributed by atoms with Crippen LogP contribution in [0.4, 0.5) is 5.69 Å². The van der Waals surface area contributed by atoms with Gasteiger partial charge in [-0.15, -0.1) is 0 Å². The average Bonchev–Trinajstić information content (AvgIpc) is 2.92. The van der Waals surface area contributed by atoms with Gasteiger partial charge in [-0.1, -0.05) is 49.1 Å². The van der Waals surface area contributed by atoms with E-state index < -0.39 is 29.9 Å². The summed E-state index contributed by atoms with van der Waals surface area (Å²) in [5, 5.41) is 24.8. The molecule has 39 heavy (non-hydrogen) atoms. The van der Waals surface area contributed by atoms with Crippen LogP contribution in [0.3, 0.4) is 0 Å². The van der Waals surface area contributed by atoms with Gasteiger partial charge in [0.15, 0.2) is 0 Å². The molecular formula is C27H36N6O6. The van der Waals surface area contributed by atoms with E-state index in [1.807, 2.05) is 0 Å². The van der Waals surface area contributed by atoms with E-state index in [1.165, 1.54) is 6.08 Å². The van der Waals surface area contributed by atoms with Gasteiger partial charge >= 0.3 is 5.97 Å². The standard InChI is InChI=1S/C23H30N6O4.C4H6O2/c1-27-19(12-14-2-6-16(7-3-14)21(25)26)23(33)29-18(10-11-20(30)31)22(32)28-13-15-4-8-17(24)9-5-15;1-2-3-6-4-5/h2-9,18-19,27H,10-13,24H2,1H3,(H3,25,26)(H,28,32)(H,29,33)(H,30,31);2,4H,1,3H2/t18-,19?;/m0./s1. The van der Waals surface area contributed by atoms with Crippen molar-refractivity contribution < 1.29 is 29.0 Å². The van der Waals surface area contributed by atoms with Gasteiger partial charge < -0.3 is 37.3 Å². The monoisotopic (exact) mass is 540 g/mol. The van der Waals surface area contributed by atoms with E-state index in [-0.39, 0.29) is 25.2 Å².